The number of likely N-dealkylation sites (N-methyl/N-ethyl adjacent to an activating group) is 1. The monoisotopic (exact) mass is 215 g/mol. The molecule has 0 aromatic rings. The van der Waals surface area contributed by atoms with E-state index in [1.165, 1.54) is 0 Å². The smallest absolute Gasteiger partial charge is 0.238 e. The van der Waals surface area contributed by atoms with Crippen LogP contribution in [0.4, 0.5) is 0 Å². The van der Waals surface area contributed by atoms with Crippen molar-refractivity contribution in [2.24, 2.45) is 5.73 Å². The van der Waals surface area contributed by atoms with Crippen LogP contribution in [0.5, 0.6) is 0 Å². The first-order chi connectivity index (χ1) is 7.08. The van der Waals surface area contributed by atoms with Gasteiger partial charge in [0.2, 0.25) is 5.91 Å². The van der Waals surface area contributed by atoms with Gasteiger partial charge >= 0.3 is 0 Å². The van der Waals surface area contributed by atoms with Gasteiger partial charge in [-0.05, 0) is 13.5 Å². The van der Waals surface area contributed by atoms with E-state index in [1.54, 1.807) is 0 Å². The molecule has 0 aromatic carbocycles. The fraction of sp³-hybridized carbons (Fsp3) is 0.900. The Morgan fingerprint density at radius 2 is 2.13 bits per heavy atom. The maximum absolute atomic E-state index is 11.4. The van der Waals surface area contributed by atoms with Crippen LogP contribution in [0.15, 0.2) is 0 Å². The Bertz CT molecular complexity index is 217. The SMILES string of the molecule is CCNC(C)(CN1CCOCC1)C(N)=O. The van der Waals surface area contributed by atoms with Crippen molar-refractivity contribution < 1.29 is 9.53 Å². The van der Waals surface area contributed by atoms with Gasteiger partial charge in [0.25, 0.3) is 0 Å². The lowest BCUT2D eigenvalue weighted by molar-refractivity contribution is -0.125. The highest BCUT2D eigenvalue weighted by atomic mass is 16.5. The Balaban J connectivity index is 2.52. The predicted molar refractivity (Wildman–Crippen MR) is 58.5 cm³/mol. The molecule has 0 spiro atoms. The van der Waals surface area contributed by atoms with Gasteiger partial charge in [0.05, 0.1) is 13.2 Å². The van der Waals surface area contributed by atoms with Gasteiger partial charge in [-0.2, -0.15) is 0 Å². The fourth-order valence-corrected chi connectivity index (χ4v) is 1.82. The first kappa shape index (κ1) is 12.4. The van der Waals surface area contributed by atoms with Crippen molar-refractivity contribution in [3.8, 4) is 0 Å². The molecule has 1 amide bonds. The van der Waals surface area contributed by atoms with Crippen LogP contribution < -0.4 is 11.1 Å². The van der Waals surface area contributed by atoms with Crippen LogP contribution in [0.1, 0.15) is 13.8 Å². The summed E-state index contributed by atoms with van der Waals surface area (Å²) in [4.78, 5) is 13.6. The third kappa shape index (κ3) is 3.44. The second-order valence-corrected chi connectivity index (χ2v) is 4.12. The highest BCUT2D eigenvalue weighted by molar-refractivity contribution is 5.84. The van der Waals surface area contributed by atoms with Gasteiger partial charge < -0.3 is 15.8 Å². The molecule has 1 saturated heterocycles. The van der Waals surface area contributed by atoms with E-state index in [0.717, 1.165) is 32.8 Å². The lowest BCUT2D eigenvalue weighted by Gasteiger charge is -2.35. The first-order valence-electron chi connectivity index (χ1n) is 5.43. The van der Waals surface area contributed by atoms with Gasteiger partial charge in [-0.3, -0.25) is 9.69 Å². The van der Waals surface area contributed by atoms with E-state index in [-0.39, 0.29) is 5.91 Å². The van der Waals surface area contributed by atoms with Crippen LogP contribution in [0.3, 0.4) is 0 Å². The van der Waals surface area contributed by atoms with Crippen LogP contribution >= 0.6 is 0 Å². The molecule has 1 heterocycles. The predicted octanol–water partition coefficient (Wildman–Crippen LogP) is -0.828. The molecule has 0 bridgehead atoms. The Kier molecular flexibility index (Phi) is 4.50. The minimum atomic E-state index is -0.633. The molecule has 5 heteroatoms. The highest BCUT2D eigenvalue weighted by Gasteiger charge is 2.32. The average molecular weight is 215 g/mol. The first-order valence-corrected chi connectivity index (χ1v) is 5.43. The molecule has 1 aliphatic heterocycles. The molecule has 1 fully saturated rings. The normalized spacial score (nSPS) is 22.3. The lowest BCUT2D eigenvalue weighted by Crippen LogP contribution is -2.60. The number of morpholine rings is 1. The van der Waals surface area contributed by atoms with E-state index in [1.807, 2.05) is 13.8 Å². The molecule has 0 saturated carbocycles. The molecule has 0 aliphatic carbocycles. The molecular weight excluding hydrogens is 194 g/mol. The van der Waals surface area contributed by atoms with E-state index >= 15 is 0 Å². The molecule has 3 N–H and O–H groups in total. The maximum Gasteiger partial charge on any atom is 0.238 e. The Labute approximate surface area is 90.9 Å². The van der Waals surface area contributed by atoms with Gasteiger partial charge in [0.15, 0.2) is 0 Å². The number of carbonyl (C=O) groups is 1. The van der Waals surface area contributed by atoms with Crippen molar-refractivity contribution in [3.05, 3.63) is 0 Å². The summed E-state index contributed by atoms with van der Waals surface area (Å²) in [5.74, 6) is -0.296. The number of amides is 1. The fourth-order valence-electron chi connectivity index (χ4n) is 1.82. The van der Waals surface area contributed by atoms with Crippen LogP contribution in [0.2, 0.25) is 0 Å². The second-order valence-electron chi connectivity index (χ2n) is 4.12. The highest BCUT2D eigenvalue weighted by Crippen LogP contribution is 2.08. The van der Waals surface area contributed by atoms with Crippen molar-refractivity contribution in [1.82, 2.24) is 10.2 Å². The van der Waals surface area contributed by atoms with Crippen molar-refractivity contribution in [1.29, 1.82) is 0 Å². The maximum atomic E-state index is 11.4. The summed E-state index contributed by atoms with van der Waals surface area (Å²) in [6.07, 6.45) is 0. The number of hydrogen-bond acceptors (Lipinski definition) is 4. The van der Waals surface area contributed by atoms with Crippen LogP contribution in [-0.4, -0.2) is 55.7 Å². The summed E-state index contributed by atoms with van der Waals surface area (Å²) in [5, 5.41) is 3.15. The Morgan fingerprint density at radius 1 is 1.53 bits per heavy atom. The third-order valence-electron chi connectivity index (χ3n) is 2.75. The zero-order valence-electron chi connectivity index (χ0n) is 9.58. The Morgan fingerprint density at radius 3 is 2.60 bits per heavy atom. The molecule has 1 rings (SSSR count). The van der Waals surface area contributed by atoms with Crippen LogP contribution in [0, 0.1) is 0 Å². The van der Waals surface area contributed by atoms with Gasteiger partial charge in [-0.15, -0.1) is 0 Å². The Hall–Kier alpha value is -0.650. The van der Waals surface area contributed by atoms with Crippen molar-refractivity contribution >= 4 is 5.91 Å². The molecule has 1 atom stereocenters. The number of rotatable bonds is 5. The summed E-state index contributed by atoms with van der Waals surface area (Å²) in [7, 11) is 0. The zero-order chi connectivity index (χ0) is 11.3. The molecule has 1 unspecified atom stereocenters. The van der Waals surface area contributed by atoms with E-state index in [9.17, 15) is 4.79 Å². The number of primary amides is 1. The van der Waals surface area contributed by atoms with E-state index < -0.39 is 5.54 Å². The van der Waals surface area contributed by atoms with Crippen molar-refractivity contribution in [2.45, 2.75) is 19.4 Å². The van der Waals surface area contributed by atoms with Crippen molar-refractivity contribution in [2.75, 3.05) is 39.4 Å². The number of nitrogens with two attached hydrogens (primary N) is 1. The second kappa shape index (κ2) is 5.44. The summed E-state index contributed by atoms with van der Waals surface area (Å²) in [6.45, 7) is 8.43. The van der Waals surface area contributed by atoms with E-state index in [2.05, 4.69) is 10.2 Å². The summed E-state index contributed by atoms with van der Waals surface area (Å²) >= 11 is 0. The summed E-state index contributed by atoms with van der Waals surface area (Å²) in [5.41, 5.74) is 4.78. The van der Waals surface area contributed by atoms with Gasteiger partial charge in [-0.25, -0.2) is 0 Å². The topological polar surface area (TPSA) is 67.6 Å². The lowest BCUT2D eigenvalue weighted by atomic mass is 10.0. The molecule has 0 aromatic heterocycles. The summed E-state index contributed by atoms with van der Waals surface area (Å²) < 4.78 is 5.26. The molecule has 5 nitrogen and oxygen atoms in total. The number of nitrogens with one attached hydrogen (secondary N) is 1. The van der Waals surface area contributed by atoms with E-state index in [4.69, 9.17) is 10.5 Å². The van der Waals surface area contributed by atoms with Crippen molar-refractivity contribution in [3.63, 3.8) is 0 Å². The largest absolute Gasteiger partial charge is 0.379 e. The van der Waals surface area contributed by atoms with Crippen LogP contribution in [0.25, 0.3) is 0 Å². The zero-order valence-corrected chi connectivity index (χ0v) is 9.58. The minimum Gasteiger partial charge on any atom is -0.379 e. The molecule has 0 radical (unpaired) electrons. The van der Waals surface area contributed by atoms with Gasteiger partial charge in [-0.1, -0.05) is 6.92 Å². The quantitative estimate of drug-likeness (QED) is 0.628. The molecule has 88 valence electrons. The number of hydrogen-bond donors (Lipinski definition) is 2. The number of ether oxygens (including phenoxy) is 1. The third-order valence-corrected chi connectivity index (χ3v) is 2.75. The standard InChI is InChI=1S/C10H21N3O2/c1-3-12-10(2,9(11)14)8-13-4-6-15-7-5-13/h12H,3-8H2,1-2H3,(H2,11,14). The van der Waals surface area contributed by atoms with Gasteiger partial charge in [0.1, 0.15) is 5.54 Å². The summed E-state index contributed by atoms with van der Waals surface area (Å²) in [6, 6.07) is 0. The molecular formula is C10H21N3O2. The van der Waals surface area contributed by atoms with Gasteiger partial charge in [0, 0.05) is 19.6 Å². The number of nitrogens with zero attached hydrogens (tertiary/aromatic N) is 1. The molecule has 15 heavy (non-hydrogen) atoms. The minimum absolute atomic E-state index is 0.296. The van der Waals surface area contributed by atoms with E-state index in [0.29, 0.717) is 6.54 Å². The number of carbonyl (C=O) groups excluding carboxylic acids is 1. The molecule has 1 aliphatic rings. The average Bonchev–Trinajstić information content (AvgIpc) is 2.19. The van der Waals surface area contributed by atoms with Crippen LogP contribution in [-0.2, 0) is 9.53 Å².